The van der Waals surface area contributed by atoms with E-state index in [9.17, 15) is 4.79 Å². The molecule has 0 aliphatic carbocycles. The predicted octanol–water partition coefficient (Wildman–Crippen LogP) is 2.47. The first-order chi connectivity index (χ1) is 9.50. The maximum atomic E-state index is 12.3. The molecule has 1 amide bonds. The zero-order valence-electron chi connectivity index (χ0n) is 12.8. The van der Waals surface area contributed by atoms with Crippen LogP contribution in [0.4, 0.5) is 0 Å². The van der Waals surface area contributed by atoms with Crippen LogP contribution in [-0.2, 0) is 10.2 Å². The summed E-state index contributed by atoms with van der Waals surface area (Å²) in [7, 11) is 0. The monoisotopic (exact) mass is 274 g/mol. The molecule has 1 heterocycles. The van der Waals surface area contributed by atoms with E-state index in [2.05, 4.69) is 43.5 Å². The van der Waals surface area contributed by atoms with Gasteiger partial charge in [0.05, 0.1) is 6.04 Å². The quantitative estimate of drug-likeness (QED) is 0.885. The highest BCUT2D eigenvalue weighted by atomic mass is 16.2. The number of carbonyl (C=O) groups is 1. The summed E-state index contributed by atoms with van der Waals surface area (Å²) in [6, 6.07) is 10.3. The second-order valence-electron chi connectivity index (χ2n) is 6.52. The molecule has 1 aliphatic heterocycles. The van der Waals surface area contributed by atoms with Crippen molar-refractivity contribution < 1.29 is 4.79 Å². The van der Waals surface area contributed by atoms with Gasteiger partial charge in [-0.15, -0.1) is 0 Å². The van der Waals surface area contributed by atoms with Gasteiger partial charge in [0.15, 0.2) is 0 Å². The molecule has 1 aromatic rings. The molecular formula is C17H26N2O. The third-order valence-corrected chi connectivity index (χ3v) is 4.31. The molecule has 2 N–H and O–H groups in total. The van der Waals surface area contributed by atoms with Crippen LogP contribution in [0.15, 0.2) is 30.3 Å². The first-order valence-electron chi connectivity index (χ1n) is 7.57. The minimum absolute atomic E-state index is 0.0321. The third kappa shape index (κ3) is 3.60. The van der Waals surface area contributed by atoms with Gasteiger partial charge >= 0.3 is 0 Å². The molecule has 0 spiro atoms. The van der Waals surface area contributed by atoms with Gasteiger partial charge in [-0.05, 0) is 30.9 Å². The van der Waals surface area contributed by atoms with E-state index in [-0.39, 0.29) is 17.4 Å². The molecule has 1 aromatic carbocycles. The van der Waals surface area contributed by atoms with Gasteiger partial charge in [0.1, 0.15) is 0 Å². The summed E-state index contributed by atoms with van der Waals surface area (Å²) in [5, 5.41) is 6.45. The van der Waals surface area contributed by atoms with Crippen LogP contribution >= 0.6 is 0 Å². The Kier molecular flexibility index (Phi) is 4.81. The molecular weight excluding hydrogens is 248 g/mol. The number of amides is 1. The van der Waals surface area contributed by atoms with Crippen LogP contribution in [0.3, 0.4) is 0 Å². The Morgan fingerprint density at radius 2 is 2.05 bits per heavy atom. The van der Waals surface area contributed by atoms with E-state index in [4.69, 9.17) is 0 Å². The third-order valence-electron chi connectivity index (χ3n) is 4.31. The average Bonchev–Trinajstić information content (AvgIpc) is 2.46. The van der Waals surface area contributed by atoms with Gasteiger partial charge < -0.3 is 10.6 Å². The van der Waals surface area contributed by atoms with Gasteiger partial charge in [0, 0.05) is 12.0 Å². The number of nitrogens with one attached hydrogen (secondary N) is 2. The van der Waals surface area contributed by atoms with Gasteiger partial charge in [-0.25, -0.2) is 0 Å². The van der Waals surface area contributed by atoms with E-state index in [1.165, 1.54) is 12.0 Å². The predicted molar refractivity (Wildman–Crippen MR) is 82.7 cm³/mol. The summed E-state index contributed by atoms with van der Waals surface area (Å²) in [6.07, 6.45) is 2.30. The van der Waals surface area contributed by atoms with Crippen LogP contribution < -0.4 is 10.6 Å². The van der Waals surface area contributed by atoms with Crippen molar-refractivity contribution in [2.45, 2.75) is 45.1 Å². The lowest BCUT2D eigenvalue weighted by molar-refractivity contribution is -0.125. The fourth-order valence-corrected chi connectivity index (χ4v) is 2.81. The topological polar surface area (TPSA) is 41.1 Å². The smallest absolute Gasteiger partial charge is 0.237 e. The highest BCUT2D eigenvalue weighted by Crippen LogP contribution is 2.22. The summed E-state index contributed by atoms with van der Waals surface area (Å²) < 4.78 is 0. The number of hydrogen-bond donors (Lipinski definition) is 2. The number of hydrogen-bond acceptors (Lipinski definition) is 2. The van der Waals surface area contributed by atoms with Crippen molar-refractivity contribution in [2.75, 3.05) is 13.1 Å². The number of benzene rings is 1. The molecule has 3 nitrogen and oxygen atoms in total. The highest BCUT2D eigenvalue weighted by Gasteiger charge is 2.29. The van der Waals surface area contributed by atoms with Crippen LogP contribution in [0.5, 0.6) is 0 Å². The van der Waals surface area contributed by atoms with E-state index in [0.717, 1.165) is 13.0 Å². The summed E-state index contributed by atoms with van der Waals surface area (Å²) in [5.41, 5.74) is 1.21. The van der Waals surface area contributed by atoms with Gasteiger partial charge in [-0.1, -0.05) is 51.1 Å². The van der Waals surface area contributed by atoms with Crippen molar-refractivity contribution in [3.8, 4) is 0 Å². The second kappa shape index (κ2) is 6.40. The van der Waals surface area contributed by atoms with Crippen molar-refractivity contribution in [3.63, 3.8) is 0 Å². The molecule has 110 valence electrons. The van der Waals surface area contributed by atoms with E-state index < -0.39 is 0 Å². The number of piperidine rings is 1. The zero-order chi connectivity index (χ0) is 14.6. The van der Waals surface area contributed by atoms with Crippen molar-refractivity contribution in [3.05, 3.63) is 35.9 Å². The molecule has 0 aromatic heterocycles. The molecule has 1 saturated heterocycles. The van der Waals surface area contributed by atoms with Gasteiger partial charge in [-0.3, -0.25) is 4.79 Å². The van der Waals surface area contributed by atoms with Crippen LogP contribution in [0.2, 0.25) is 0 Å². The standard InChI is InChI=1S/C17H26N2O/c1-13-8-7-11-18-15(13)16(20)19-12-17(2,3)14-9-5-4-6-10-14/h4-6,9-10,13,15,18H,7-8,11-12H2,1-3H3,(H,19,20). The van der Waals surface area contributed by atoms with Crippen LogP contribution in [0.25, 0.3) is 0 Å². The minimum atomic E-state index is -0.0468. The van der Waals surface area contributed by atoms with Crippen molar-refractivity contribution in [2.24, 2.45) is 5.92 Å². The van der Waals surface area contributed by atoms with Gasteiger partial charge in [0.2, 0.25) is 5.91 Å². The SMILES string of the molecule is CC1CCCNC1C(=O)NCC(C)(C)c1ccccc1. The largest absolute Gasteiger partial charge is 0.354 e. The van der Waals surface area contributed by atoms with E-state index >= 15 is 0 Å². The maximum Gasteiger partial charge on any atom is 0.237 e. The molecule has 1 aliphatic rings. The van der Waals surface area contributed by atoms with E-state index in [1.54, 1.807) is 0 Å². The molecule has 0 saturated carbocycles. The number of rotatable bonds is 4. The molecule has 0 bridgehead atoms. The highest BCUT2D eigenvalue weighted by molar-refractivity contribution is 5.82. The zero-order valence-corrected chi connectivity index (χ0v) is 12.8. The fourth-order valence-electron chi connectivity index (χ4n) is 2.81. The molecule has 0 radical (unpaired) electrons. The Labute approximate surface area is 122 Å². The van der Waals surface area contributed by atoms with Crippen LogP contribution in [0, 0.1) is 5.92 Å². The summed E-state index contributed by atoms with van der Waals surface area (Å²) in [5.74, 6) is 0.560. The van der Waals surface area contributed by atoms with E-state index in [0.29, 0.717) is 12.5 Å². The Hall–Kier alpha value is -1.35. The summed E-state index contributed by atoms with van der Waals surface area (Å²) >= 11 is 0. The van der Waals surface area contributed by atoms with Crippen LogP contribution in [0.1, 0.15) is 39.2 Å². The Morgan fingerprint density at radius 1 is 1.35 bits per heavy atom. The molecule has 2 rings (SSSR count). The lowest BCUT2D eigenvalue weighted by Gasteiger charge is -2.31. The van der Waals surface area contributed by atoms with Gasteiger partial charge in [-0.2, -0.15) is 0 Å². The van der Waals surface area contributed by atoms with Crippen molar-refractivity contribution in [1.82, 2.24) is 10.6 Å². The second-order valence-corrected chi connectivity index (χ2v) is 6.52. The Morgan fingerprint density at radius 3 is 2.70 bits per heavy atom. The lowest BCUT2D eigenvalue weighted by Crippen LogP contribution is -2.52. The summed E-state index contributed by atoms with van der Waals surface area (Å²) in [4.78, 5) is 12.3. The molecule has 1 fully saturated rings. The fraction of sp³-hybridized carbons (Fsp3) is 0.588. The van der Waals surface area contributed by atoms with E-state index in [1.807, 2.05) is 18.2 Å². The van der Waals surface area contributed by atoms with Gasteiger partial charge in [0.25, 0.3) is 0 Å². The normalized spacial score (nSPS) is 23.4. The Balaban J connectivity index is 1.92. The molecule has 20 heavy (non-hydrogen) atoms. The van der Waals surface area contributed by atoms with Crippen LogP contribution in [-0.4, -0.2) is 25.0 Å². The minimum Gasteiger partial charge on any atom is -0.354 e. The number of carbonyl (C=O) groups excluding carboxylic acids is 1. The first-order valence-corrected chi connectivity index (χ1v) is 7.57. The molecule has 2 unspecified atom stereocenters. The Bertz CT molecular complexity index is 442. The maximum absolute atomic E-state index is 12.3. The van der Waals surface area contributed by atoms with Crippen molar-refractivity contribution >= 4 is 5.91 Å². The summed E-state index contributed by atoms with van der Waals surface area (Å²) in [6.45, 7) is 8.10. The first kappa shape index (κ1) is 15.0. The van der Waals surface area contributed by atoms with Crippen molar-refractivity contribution in [1.29, 1.82) is 0 Å². The molecule has 3 heteroatoms. The average molecular weight is 274 g/mol. The molecule has 2 atom stereocenters. The lowest BCUT2D eigenvalue weighted by atomic mass is 9.84.